The van der Waals surface area contributed by atoms with Crippen molar-refractivity contribution in [1.82, 2.24) is 9.78 Å². The number of aryl methyl sites for hydroxylation is 3. The molecule has 4 rings (SSSR count). The van der Waals surface area contributed by atoms with Crippen molar-refractivity contribution in [2.45, 2.75) is 20.8 Å². The first-order chi connectivity index (χ1) is 12.5. The fourth-order valence-corrected chi connectivity index (χ4v) is 4.10. The molecule has 4 nitrogen and oxygen atoms in total. The number of carbonyl (C=O) groups is 1. The van der Waals surface area contributed by atoms with Crippen LogP contribution in [-0.2, 0) is 0 Å². The average Bonchev–Trinajstić information content (AvgIpc) is 3.16. The van der Waals surface area contributed by atoms with Crippen molar-refractivity contribution in [2.24, 2.45) is 0 Å². The topological polar surface area (TPSA) is 44.1 Å². The van der Waals surface area contributed by atoms with Gasteiger partial charge in [-0.3, -0.25) is 0 Å². The number of ether oxygens (including phenoxy) is 1. The first-order valence-corrected chi connectivity index (χ1v) is 9.18. The van der Waals surface area contributed by atoms with Crippen LogP contribution < -0.4 is 4.74 Å². The molecule has 0 bridgehead atoms. The lowest BCUT2D eigenvalue weighted by Crippen LogP contribution is -2.06. The van der Waals surface area contributed by atoms with Crippen molar-refractivity contribution in [2.75, 3.05) is 0 Å². The van der Waals surface area contributed by atoms with Crippen LogP contribution in [0.15, 0.2) is 54.6 Å². The second kappa shape index (κ2) is 6.42. The number of aromatic nitrogens is 2. The van der Waals surface area contributed by atoms with Crippen molar-refractivity contribution in [3.05, 3.63) is 76.3 Å². The summed E-state index contributed by atoms with van der Waals surface area (Å²) < 4.78 is 7.47. The van der Waals surface area contributed by atoms with Gasteiger partial charge in [0.15, 0.2) is 0 Å². The summed E-state index contributed by atoms with van der Waals surface area (Å²) in [7, 11) is 0. The number of rotatable bonds is 3. The molecule has 0 unspecified atom stereocenters. The van der Waals surface area contributed by atoms with Gasteiger partial charge in [-0.25, -0.2) is 9.48 Å². The van der Waals surface area contributed by atoms with Gasteiger partial charge in [0.25, 0.3) is 0 Å². The molecule has 0 saturated heterocycles. The van der Waals surface area contributed by atoms with Gasteiger partial charge in [0, 0.05) is 5.39 Å². The summed E-state index contributed by atoms with van der Waals surface area (Å²) >= 11 is 1.40. The second-order valence-electron chi connectivity index (χ2n) is 6.38. The Morgan fingerprint density at radius 1 is 1.00 bits per heavy atom. The Kier molecular flexibility index (Phi) is 4.09. The Morgan fingerprint density at radius 2 is 1.69 bits per heavy atom. The SMILES string of the molecule is Cc1cc(C)cc(OC(=O)c2cc3c(C)nn(-c4ccccc4)c3s2)c1. The van der Waals surface area contributed by atoms with E-state index in [-0.39, 0.29) is 5.97 Å². The smallest absolute Gasteiger partial charge is 0.353 e. The van der Waals surface area contributed by atoms with Gasteiger partial charge < -0.3 is 4.74 Å². The largest absolute Gasteiger partial charge is 0.422 e. The van der Waals surface area contributed by atoms with E-state index in [0.29, 0.717) is 10.6 Å². The number of nitrogens with zero attached hydrogens (tertiary/aromatic N) is 2. The number of esters is 1. The van der Waals surface area contributed by atoms with Gasteiger partial charge >= 0.3 is 5.97 Å². The summed E-state index contributed by atoms with van der Waals surface area (Å²) in [5.74, 6) is 0.238. The summed E-state index contributed by atoms with van der Waals surface area (Å²) in [6.45, 7) is 5.93. The second-order valence-corrected chi connectivity index (χ2v) is 7.41. The van der Waals surface area contributed by atoms with Crippen LogP contribution in [-0.4, -0.2) is 15.7 Å². The number of para-hydroxylation sites is 1. The van der Waals surface area contributed by atoms with Crippen LogP contribution >= 0.6 is 11.3 Å². The highest BCUT2D eigenvalue weighted by atomic mass is 32.1. The molecule has 0 radical (unpaired) electrons. The maximum absolute atomic E-state index is 12.6. The minimum Gasteiger partial charge on any atom is -0.422 e. The fourth-order valence-electron chi connectivity index (χ4n) is 3.04. The van der Waals surface area contributed by atoms with Crippen LogP contribution in [0.3, 0.4) is 0 Å². The van der Waals surface area contributed by atoms with Gasteiger partial charge in [-0.15, -0.1) is 11.3 Å². The molecular formula is C21H18N2O2S. The Hall–Kier alpha value is -2.92. The van der Waals surface area contributed by atoms with Gasteiger partial charge in [-0.05, 0) is 62.2 Å². The highest BCUT2D eigenvalue weighted by Crippen LogP contribution is 2.31. The van der Waals surface area contributed by atoms with Gasteiger partial charge in [-0.1, -0.05) is 24.3 Å². The monoisotopic (exact) mass is 362 g/mol. The molecule has 130 valence electrons. The van der Waals surface area contributed by atoms with Gasteiger partial charge in [0.1, 0.15) is 15.5 Å². The predicted octanol–water partition coefficient (Wildman–Crippen LogP) is 5.23. The first-order valence-electron chi connectivity index (χ1n) is 8.36. The number of carbonyl (C=O) groups excluding carboxylic acids is 1. The molecule has 2 heterocycles. The van der Waals surface area contributed by atoms with Crippen molar-refractivity contribution in [3.8, 4) is 11.4 Å². The third kappa shape index (κ3) is 3.02. The molecule has 26 heavy (non-hydrogen) atoms. The van der Waals surface area contributed by atoms with E-state index in [1.54, 1.807) is 0 Å². The molecule has 0 saturated carbocycles. The molecule has 0 spiro atoms. The third-order valence-electron chi connectivity index (χ3n) is 4.15. The normalized spacial score (nSPS) is 11.0. The maximum Gasteiger partial charge on any atom is 0.353 e. The van der Waals surface area contributed by atoms with Crippen LogP contribution in [0.4, 0.5) is 0 Å². The van der Waals surface area contributed by atoms with Gasteiger partial charge in [-0.2, -0.15) is 5.10 Å². The van der Waals surface area contributed by atoms with E-state index in [4.69, 9.17) is 4.74 Å². The van der Waals surface area contributed by atoms with Crippen molar-refractivity contribution >= 4 is 27.5 Å². The summed E-state index contributed by atoms with van der Waals surface area (Å²) in [4.78, 5) is 14.1. The van der Waals surface area contributed by atoms with E-state index in [1.165, 1.54) is 11.3 Å². The molecule has 4 aromatic rings. The molecule has 0 N–H and O–H groups in total. The Balaban J connectivity index is 1.70. The predicted molar refractivity (Wildman–Crippen MR) is 105 cm³/mol. The average molecular weight is 362 g/mol. The molecule has 0 atom stereocenters. The molecule has 2 aromatic carbocycles. The van der Waals surface area contributed by atoms with E-state index in [0.717, 1.165) is 32.7 Å². The molecule has 0 aliphatic heterocycles. The highest BCUT2D eigenvalue weighted by Gasteiger charge is 2.18. The zero-order valence-electron chi connectivity index (χ0n) is 14.8. The minimum atomic E-state index is -0.338. The van der Waals surface area contributed by atoms with Crippen molar-refractivity contribution < 1.29 is 9.53 Å². The van der Waals surface area contributed by atoms with E-state index in [1.807, 2.05) is 74.0 Å². The van der Waals surface area contributed by atoms with E-state index in [9.17, 15) is 4.79 Å². The lowest BCUT2D eigenvalue weighted by molar-refractivity contribution is 0.0740. The molecular weight excluding hydrogens is 344 g/mol. The number of fused-ring (bicyclic) bond motifs is 1. The standard InChI is InChI=1S/C21H18N2O2S/c1-13-9-14(2)11-17(10-13)25-21(24)19-12-18-15(3)22-23(20(18)26-19)16-7-5-4-6-8-16/h4-12H,1-3H3. The number of thiophene rings is 1. The van der Waals surface area contributed by atoms with Crippen LogP contribution in [0.25, 0.3) is 15.9 Å². The quantitative estimate of drug-likeness (QED) is 0.370. The van der Waals surface area contributed by atoms with E-state index in [2.05, 4.69) is 11.2 Å². The van der Waals surface area contributed by atoms with Gasteiger partial charge in [0.05, 0.1) is 11.4 Å². The summed E-state index contributed by atoms with van der Waals surface area (Å²) in [5, 5.41) is 5.58. The lowest BCUT2D eigenvalue weighted by atomic mass is 10.1. The number of hydrogen-bond donors (Lipinski definition) is 0. The maximum atomic E-state index is 12.6. The summed E-state index contributed by atoms with van der Waals surface area (Å²) in [5.41, 5.74) is 4.01. The highest BCUT2D eigenvalue weighted by molar-refractivity contribution is 7.20. The van der Waals surface area contributed by atoms with Gasteiger partial charge in [0.2, 0.25) is 0 Å². The van der Waals surface area contributed by atoms with Crippen molar-refractivity contribution in [3.63, 3.8) is 0 Å². The molecule has 2 aromatic heterocycles. The Bertz CT molecular complexity index is 1090. The number of hydrogen-bond acceptors (Lipinski definition) is 4. The number of benzene rings is 2. The first kappa shape index (κ1) is 16.5. The third-order valence-corrected chi connectivity index (χ3v) is 5.24. The van der Waals surface area contributed by atoms with Crippen LogP contribution in [0, 0.1) is 20.8 Å². The molecule has 5 heteroatoms. The van der Waals surface area contributed by atoms with Crippen molar-refractivity contribution in [1.29, 1.82) is 0 Å². The summed E-state index contributed by atoms with van der Waals surface area (Å²) in [6, 6.07) is 17.6. The lowest BCUT2D eigenvalue weighted by Gasteiger charge is -2.05. The summed E-state index contributed by atoms with van der Waals surface area (Å²) in [6.07, 6.45) is 0. The van der Waals surface area contributed by atoms with E-state index < -0.39 is 0 Å². The van der Waals surface area contributed by atoms with Crippen LogP contribution in [0.2, 0.25) is 0 Å². The van der Waals surface area contributed by atoms with Crippen LogP contribution in [0.1, 0.15) is 26.5 Å². The van der Waals surface area contributed by atoms with E-state index >= 15 is 0 Å². The molecule has 0 amide bonds. The minimum absolute atomic E-state index is 0.338. The zero-order valence-corrected chi connectivity index (χ0v) is 15.6. The molecule has 0 aliphatic carbocycles. The Morgan fingerprint density at radius 3 is 2.38 bits per heavy atom. The zero-order chi connectivity index (χ0) is 18.3. The molecule has 0 fully saturated rings. The molecule has 0 aliphatic rings. The fraction of sp³-hybridized carbons (Fsp3) is 0.143. The van der Waals surface area contributed by atoms with Crippen LogP contribution in [0.5, 0.6) is 5.75 Å². The Labute approximate surface area is 155 Å².